The molecule has 25 heavy (non-hydrogen) atoms. The average Bonchev–Trinajstić information content (AvgIpc) is 2.60. The Balaban J connectivity index is 1.80. The van der Waals surface area contributed by atoms with E-state index in [-0.39, 0.29) is 18.7 Å². The average molecular weight is 628 g/mol. The van der Waals surface area contributed by atoms with E-state index in [1.807, 2.05) is 54.6 Å². The first kappa shape index (κ1) is 19.4. The van der Waals surface area contributed by atoms with Crippen LogP contribution >= 0.6 is 61.1 Å². The second-order valence-electron chi connectivity index (χ2n) is 5.60. The lowest BCUT2D eigenvalue weighted by Gasteiger charge is -2.43. The monoisotopic (exact) mass is 627 g/mol. The molecule has 1 aliphatic heterocycles. The van der Waals surface area contributed by atoms with E-state index in [9.17, 15) is 4.79 Å². The summed E-state index contributed by atoms with van der Waals surface area (Å²) in [6.07, 6.45) is 0.357. The van der Waals surface area contributed by atoms with Crippen LogP contribution in [0.2, 0.25) is 0 Å². The molecule has 0 saturated carbocycles. The molecule has 0 bridgehead atoms. The first-order chi connectivity index (χ1) is 12.0. The lowest BCUT2D eigenvalue weighted by Crippen LogP contribution is -2.51. The van der Waals surface area contributed by atoms with E-state index in [1.54, 1.807) is 4.90 Å². The Labute approximate surface area is 182 Å². The molecule has 1 atom stereocenters. The van der Waals surface area contributed by atoms with Crippen LogP contribution in [0.1, 0.15) is 23.6 Å². The van der Waals surface area contributed by atoms with Crippen LogP contribution < -0.4 is 0 Å². The highest BCUT2D eigenvalue weighted by Gasteiger charge is 2.45. The van der Waals surface area contributed by atoms with Crippen LogP contribution in [0.3, 0.4) is 0 Å². The fourth-order valence-corrected chi connectivity index (χ4v) is 4.47. The van der Waals surface area contributed by atoms with Gasteiger partial charge in [0.25, 0.3) is 1.74 Å². The summed E-state index contributed by atoms with van der Waals surface area (Å²) in [5.41, 5.74) is 2.03. The number of nitrogens with zero attached hydrogens (tertiary/aromatic N) is 1. The summed E-state index contributed by atoms with van der Waals surface area (Å²) < 4.78 is 11.6. The van der Waals surface area contributed by atoms with Gasteiger partial charge in [-0.1, -0.05) is 58.4 Å². The smallest absolute Gasteiger partial charge is 0.414 e. The number of amides is 1. The molecule has 132 valence electrons. The lowest BCUT2D eigenvalue weighted by atomic mass is 10.0. The second kappa shape index (κ2) is 8.53. The van der Waals surface area contributed by atoms with Crippen molar-refractivity contribution < 1.29 is 14.3 Å². The topological polar surface area (TPSA) is 38.8 Å². The highest BCUT2D eigenvalue weighted by Crippen LogP contribution is 2.45. The molecule has 0 N–H and O–H groups in total. The Morgan fingerprint density at radius 3 is 2.56 bits per heavy atom. The van der Waals surface area contributed by atoms with Crippen molar-refractivity contribution in [2.45, 2.75) is 20.8 Å². The quantitative estimate of drug-likeness (QED) is 0.237. The van der Waals surface area contributed by atoms with Crippen LogP contribution in [0, 0.1) is 0 Å². The number of benzene rings is 2. The number of alkyl halides is 2. The zero-order chi connectivity index (χ0) is 17.9. The van der Waals surface area contributed by atoms with Crippen LogP contribution in [0.15, 0.2) is 59.1 Å². The van der Waals surface area contributed by atoms with Gasteiger partial charge in [-0.3, -0.25) is 4.90 Å². The highest BCUT2D eigenvalue weighted by molar-refractivity contribution is 14.2. The van der Waals surface area contributed by atoms with Crippen LogP contribution in [0.4, 0.5) is 4.79 Å². The number of hydrogen-bond donors (Lipinski definition) is 0. The first-order valence-corrected chi connectivity index (χ1v) is 10.7. The van der Waals surface area contributed by atoms with Crippen LogP contribution in [-0.2, 0) is 16.1 Å². The molecule has 1 saturated heterocycles. The Hall–Kier alpha value is -0.390. The standard InChI is InChI=1S/C18H16BrI2NO3/c19-15-8-6-14(7-9-15)16-10-11-25-18(20,21)22(16)17(23)24-12-13-4-2-1-3-5-13/h1-9,16H,10-12H2. The molecule has 1 aliphatic rings. The van der Waals surface area contributed by atoms with Crippen molar-refractivity contribution in [2.75, 3.05) is 6.61 Å². The van der Waals surface area contributed by atoms with E-state index in [4.69, 9.17) is 9.47 Å². The molecule has 7 heteroatoms. The molecule has 2 aromatic rings. The predicted molar refractivity (Wildman–Crippen MR) is 117 cm³/mol. The summed E-state index contributed by atoms with van der Waals surface area (Å²) >= 11 is 7.76. The summed E-state index contributed by atoms with van der Waals surface area (Å²) in [7, 11) is 0. The van der Waals surface area contributed by atoms with Crippen molar-refractivity contribution in [1.82, 2.24) is 4.90 Å². The second-order valence-corrected chi connectivity index (χ2v) is 11.5. The van der Waals surface area contributed by atoms with Crippen molar-refractivity contribution in [1.29, 1.82) is 0 Å². The van der Waals surface area contributed by atoms with Gasteiger partial charge in [-0.25, -0.2) is 4.79 Å². The zero-order valence-corrected chi connectivity index (χ0v) is 19.1. The minimum atomic E-state index is -0.778. The van der Waals surface area contributed by atoms with Gasteiger partial charge >= 0.3 is 6.09 Å². The van der Waals surface area contributed by atoms with Gasteiger partial charge in [-0.05, 0) is 74.9 Å². The molecular formula is C18H16BrI2NO3. The maximum Gasteiger partial charge on any atom is 0.414 e. The van der Waals surface area contributed by atoms with E-state index in [0.29, 0.717) is 6.61 Å². The van der Waals surface area contributed by atoms with E-state index < -0.39 is 1.74 Å². The third-order valence-electron chi connectivity index (χ3n) is 3.92. The zero-order valence-electron chi connectivity index (χ0n) is 13.2. The SMILES string of the molecule is O=C(OCc1ccccc1)N1C(c2ccc(Br)cc2)CCOC1(I)I. The van der Waals surface area contributed by atoms with Gasteiger partial charge in [0.15, 0.2) is 0 Å². The minimum Gasteiger partial charge on any atom is -0.444 e. The van der Waals surface area contributed by atoms with Gasteiger partial charge in [-0.2, -0.15) is 0 Å². The normalized spacial score (nSPS) is 19.5. The van der Waals surface area contributed by atoms with Gasteiger partial charge in [0, 0.05) is 4.47 Å². The fourth-order valence-electron chi connectivity index (χ4n) is 2.70. The Morgan fingerprint density at radius 1 is 1.20 bits per heavy atom. The molecule has 1 unspecified atom stereocenters. The lowest BCUT2D eigenvalue weighted by molar-refractivity contribution is -0.0658. The molecule has 0 aliphatic carbocycles. The van der Waals surface area contributed by atoms with E-state index in [0.717, 1.165) is 22.0 Å². The van der Waals surface area contributed by atoms with Crippen LogP contribution in [-0.4, -0.2) is 19.3 Å². The fraction of sp³-hybridized carbons (Fsp3) is 0.278. The summed E-state index contributed by atoms with van der Waals surface area (Å²) in [5, 5.41) is 0. The molecular weight excluding hydrogens is 612 g/mol. The van der Waals surface area contributed by atoms with Gasteiger partial charge in [0.05, 0.1) is 12.6 Å². The molecule has 2 aromatic carbocycles. The molecule has 1 amide bonds. The number of hydrogen-bond acceptors (Lipinski definition) is 3. The van der Waals surface area contributed by atoms with Crippen molar-refractivity contribution >= 4 is 67.2 Å². The molecule has 3 rings (SSSR count). The molecule has 4 nitrogen and oxygen atoms in total. The van der Waals surface area contributed by atoms with Gasteiger partial charge in [0.1, 0.15) is 6.61 Å². The summed E-state index contributed by atoms with van der Waals surface area (Å²) in [5.74, 6) is 0. The number of ether oxygens (including phenoxy) is 2. The first-order valence-electron chi connectivity index (χ1n) is 7.74. The predicted octanol–water partition coefficient (Wildman–Crippen LogP) is 6.03. The maximum absolute atomic E-state index is 12.8. The van der Waals surface area contributed by atoms with Crippen molar-refractivity contribution in [2.24, 2.45) is 0 Å². The van der Waals surface area contributed by atoms with Crippen molar-refractivity contribution in [3.63, 3.8) is 0 Å². The Bertz CT molecular complexity index is 725. The van der Waals surface area contributed by atoms with E-state index in [1.165, 1.54) is 0 Å². The molecule has 0 spiro atoms. The number of halogens is 3. The number of carbonyl (C=O) groups excluding carboxylic acids is 1. The summed E-state index contributed by atoms with van der Waals surface area (Å²) in [4.78, 5) is 14.5. The largest absolute Gasteiger partial charge is 0.444 e. The van der Waals surface area contributed by atoms with E-state index >= 15 is 0 Å². The Morgan fingerprint density at radius 2 is 1.88 bits per heavy atom. The molecule has 1 heterocycles. The van der Waals surface area contributed by atoms with Gasteiger partial charge < -0.3 is 9.47 Å². The molecule has 0 aromatic heterocycles. The number of rotatable bonds is 3. The molecule has 0 radical (unpaired) electrons. The highest BCUT2D eigenvalue weighted by atomic mass is 127. The van der Waals surface area contributed by atoms with Gasteiger partial charge in [-0.15, -0.1) is 0 Å². The number of carbonyl (C=O) groups is 1. The van der Waals surface area contributed by atoms with Gasteiger partial charge in [0.2, 0.25) is 0 Å². The van der Waals surface area contributed by atoms with Crippen LogP contribution in [0.5, 0.6) is 0 Å². The Kier molecular flexibility index (Phi) is 6.61. The third-order valence-corrected chi connectivity index (χ3v) is 6.11. The van der Waals surface area contributed by atoms with Crippen molar-refractivity contribution in [3.8, 4) is 0 Å². The minimum absolute atomic E-state index is 0.0843. The van der Waals surface area contributed by atoms with Crippen molar-refractivity contribution in [3.05, 3.63) is 70.2 Å². The summed E-state index contributed by atoms with van der Waals surface area (Å²) in [6, 6.07) is 17.6. The third kappa shape index (κ3) is 4.86. The maximum atomic E-state index is 12.8. The van der Waals surface area contributed by atoms with Crippen LogP contribution in [0.25, 0.3) is 0 Å². The summed E-state index contributed by atoms with van der Waals surface area (Å²) in [6.45, 7) is 0.835. The van der Waals surface area contributed by atoms with E-state index in [2.05, 4.69) is 61.1 Å². The molecule has 1 fully saturated rings.